The number of aryl methyl sites for hydroxylation is 1. The van der Waals surface area contributed by atoms with Gasteiger partial charge in [-0.05, 0) is 30.7 Å². The maximum absolute atomic E-state index is 5.33. The molecular formula is C19H25IN6O2. The Kier molecular flexibility index (Phi) is 8.30. The standard InChI is InChI=1S/C19H24N6O2.HI/c1-20-19(22-14-9-10-15(26-2)16(13-14)27-3)21-11-6-8-18-24-23-17-7-4-5-12-25(17)18;/h4-5,7,9-10,12-13H,6,8,11H2,1-3H3,(H2,20,21,22);1H. The van der Waals surface area contributed by atoms with E-state index >= 15 is 0 Å². The lowest BCUT2D eigenvalue weighted by molar-refractivity contribution is 0.355. The number of benzene rings is 1. The predicted octanol–water partition coefficient (Wildman–Crippen LogP) is 2.98. The summed E-state index contributed by atoms with van der Waals surface area (Å²) in [5, 5.41) is 15.0. The van der Waals surface area contributed by atoms with Gasteiger partial charge in [0.1, 0.15) is 5.82 Å². The third kappa shape index (κ3) is 5.24. The number of guanidine groups is 1. The van der Waals surface area contributed by atoms with Crippen LogP contribution in [0, 0.1) is 0 Å². The quantitative estimate of drug-likeness (QED) is 0.227. The van der Waals surface area contributed by atoms with Crippen LogP contribution in [0.5, 0.6) is 11.5 Å². The van der Waals surface area contributed by atoms with Crippen molar-refractivity contribution in [3.05, 3.63) is 48.4 Å². The van der Waals surface area contributed by atoms with E-state index in [0.29, 0.717) is 17.5 Å². The number of aromatic nitrogens is 3. The number of aliphatic imine (C=N–C) groups is 1. The molecule has 0 unspecified atom stereocenters. The Morgan fingerprint density at radius 2 is 1.93 bits per heavy atom. The van der Waals surface area contributed by atoms with Gasteiger partial charge in [-0.3, -0.25) is 9.39 Å². The van der Waals surface area contributed by atoms with Gasteiger partial charge in [0.25, 0.3) is 0 Å². The van der Waals surface area contributed by atoms with Crippen molar-refractivity contribution >= 4 is 41.3 Å². The summed E-state index contributed by atoms with van der Waals surface area (Å²) < 4.78 is 12.6. The van der Waals surface area contributed by atoms with Crippen molar-refractivity contribution in [3.8, 4) is 11.5 Å². The fourth-order valence-corrected chi connectivity index (χ4v) is 2.74. The van der Waals surface area contributed by atoms with Gasteiger partial charge in [-0.1, -0.05) is 6.07 Å². The second-order valence-electron chi connectivity index (χ2n) is 5.84. The van der Waals surface area contributed by atoms with Crippen LogP contribution in [-0.4, -0.2) is 48.4 Å². The van der Waals surface area contributed by atoms with E-state index in [4.69, 9.17) is 9.47 Å². The van der Waals surface area contributed by atoms with Crippen LogP contribution in [0.3, 0.4) is 0 Å². The molecule has 150 valence electrons. The van der Waals surface area contributed by atoms with Crippen molar-refractivity contribution in [1.82, 2.24) is 19.9 Å². The Morgan fingerprint density at radius 3 is 2.68 bits per heavy atom. The molecule has 0 aliphatic carbocycles. The van der Waals surface area contributed by atoms with E-state index in [1.54, 1.807) is 21.3 Å². The molecule has 3 aromatic rings. The number of halogens is 1. The molecule has 0 aliphatic heterocycles. The van der Waals surface area contributed by atoms with Gasteiger partial charge in [-0.25, -0.2) is 0 Å². The highest BCUT2D eigenvalue weighted by molar-refractivity contribution is 14.0. The fraction of sp³-hybridized carbons (Fsp3) is 0.316. The van der Waals surface area contributed by atoms with Gasteiger partial charge in [0.05, 0.1) is 14.2 Å². The molecule has 28 heavy (non-hydrogen) atoms. The second kappa shape index (κ2) is 10.7. The fourth-order valence-electron chi connectivity index (χ4n) is 2.74. The number of fused-ring (bicyclic) bond motifs is 1. The maximum atomic E-state index is 5.33. The highest BCUT2D eigenvalue weighted by Crippen LogP contribution is 2.29. The molecule has 9 heteroatoms. The lowest BCUT2D eigenvalue weighted by Crippen LogP contribution is -2.31. The molecule has 0 saturated heterocycles. The number of nitrogens with one attached hydrogen (secondary N) is 2. The average molecular weight is 496 g/mol. The molecule has 0 radical (unpaired) electrons. The van der Waals surface area contributed by atoms with E-state index in [0.717, 1.165) is 36.5 Å². The first-order valence-electron chi connectivity index (χ1n) is 8.73. The molecule has 0 atom stereocenters. The Labute approximate surface area is 181 Å². The van der Waals surface area contributed by atoms with Gasteiger partial charge in [-0.2, -0.15) is 0 Å². The normalized spacial score (nSPS) is 11.0. The van der Waals surface area contributed by atoms with E-state index in [1.807, 2.05) is 47.0 Å². The Bertz CT molecular complexity index is 928. The summed E-state index contributed by atoms with van der Waals surface area (Å²) in [6, 6.07) is 11.5. The molecule has 2 N–H and O–H groups in total. The molecular weight excluding hydrogens is 471 g/mol. The van der Waals surface area contributed by atoms with Crippen molar-refractivity contribution < 1.29 is 9.47 Å². The van der Waals surface area contributed by atoms with E-state index in [2.05, 4.69) is 25.8 Å². The number of hydrogen-bond donors (Lipinski definition) is 2. The predicted molar refractivity (Wildman–Crippen MR) is 121 cm³/mol. The minimum Gasteiger partial charge on any atom is -0.493 e. The summed E-state index contributed by atoms with van der Waals surface area (Å²) in [7, 11) is 4.97. The third-order valence-corrected chi connectivity index (χ3v) is 4.12. The van der Waals surface area contributed by atoms with Gasteiger partial charge in [0.15, 0.2) is 23.1 Å². The Morgan fingerprint density at radius 1 is 1.11 bits per heavy atom. The van der Waals surface area contributed by atoms with E-state index in [1.165, 1.54) is 0 Å². The molecule has 0 spiro atoms. The maximum Gasteiger partial charge on any atom is 0.195 e. The Balaban J connectivity index is 0.00000280. The van der Waals surface area contributed by atoms with Crippen molar-refractivity contribution in [2.24, 2.45) is 4.99 Å². The molecule has 2 aromatic heterocycles. The first kappa shape index (κ1) is 21.7. The van der Waals surface area contributed by atoms with Gasteiger partial charge >= 0.3 is 0 Å². The highest BCUT2D eigenvalue weighted by Gasteiger charge is 2.07. The highest BCUT2D eigenvalue weighted by atomic mass is 127. The first-order valence-corrected chi connectivity index (χ1v) is 8.73. The van der Waals surface area contributed by atoms with E-state index in [-0.39, 0.29) is 24.0 Å². The molecule has 3 rings (SSSR count). The second-order valence-corrected chi connectivity index (χ2v) is 5.84. The van der Waals surface area contributed by atoms with Crippen molar-refractivity contribution in [2.75, 3.05) is 33.1 Å². The molecule has 1 aromatic carbocycles. The molecule has 0 bridgehead atoms. The van der Waals surface area contributed by atoms with Gasteiger partial charge < -0.3 is 20.1 Å². The van der Waals surface area contributed by atoms with Crippen LogP contribution in [0.1, 0.15) is 12.2 Å². The van der Waals surface area contributed by atoms with Gasteiger partial charge in [-0.15, -0.1) is 34.2 Å². The minimum absolute atomic E-state index is 0. The zero-order valence-electron chi connectivity index (χ0n) is 16.2. The van der Waals surface area contributed by atoms with Gasteiger partial charge in [0.2, 0.25) is 0 Å². The van der Waals surface area contributed by atoms with Crippen LogP contribution < -0.4 is 20.1 Å². The zero-order valence-corrected chi connectivity index (χ0v) is 18.5. The summed E-state index contributed by atoms with van der Waals surface area (Å²) in [4.78, 5) is 4.26. The number of anilines is 1. The van der Waals surface area contributed by atoms with Gasteiger partial charge in [0, 0.05) is 38.0 Å². The number of ether oxygens (including phenoxy) is 2. The lowest BCUT2D eigenvalue weighted by atomic mass is 10.2. The van der Waals surface area contributed by atoms with E-state index in [9.17, 15) is 0 Å². The molecule has 0 amide bonds. The Hall–Kier alpha value is -2.56. The lowest BCUT2D eigenvalue weighted by Gasteiger charge is -2.14. The number of methoxy groups -OCH3 is 2. The summed E-state index contributed by atoms with van der Waals surface area (Å²) >= 11 is 0. The largest absolute Gasteiger partial charge is 0.493 e. The summed E-state index contributed by atoms with van der Waals surface area (Å²) in [5.74, 6) is 2.99. The molecule has 8 nitrogen and oxygen atoms in total. The minimum atomic E-state index is 0. The van der Waals surface area contributed by atoms with Crippen LogP contribution >= 0.6 is 24.0 Å². The smallest absolute Gasteiger partial charge is 0.195 e. The third-order valence-electron chi connectivity index (χ3n) is 4.12. The van der Waals surface area contributed by atoms with Crippen molar-refractivity contribution in [1.29, 1.82) is 0 Å². The van der Waals surface area contributed by atoms with Crippen molar-refractivity contribution in [3.63, 3.8) is 0 Å². The summed E-state index contributed by atoms with van der Waals surface area (Å²) in [6.45, 7) is 0.759. The molecule has 0 saturated carbocycles. The number of rotatable bonds is 7. The monoisotopic (exact) mass is 496 g/mol. The van der Waals surface area contributed by atoms with Crippen LogP contribution in [0.2, 0.25) is 0 Å². The van der Waals surface area contributed by atoms with Crippen LogP contribution in [0.4, 0.5) is 5.69 Å². The van der Waals surface area contributed by atoms with E-state index < -0.39 is 0 Å². The number of hydrogen-bond acceptors (Lipinski definition) is 5. The topological polar surface area (TPSA) is 85.1 Å². The molecule has 2 heterocycles. The average Bonchev–Trinajstić information content (AvgIpc) is 3.13. The van der Waals surface area contributed by atoms with Crippen LogP contribution in [0.15, 0.2) is 47.6 Å². The molecule has 0 aliphatic rings. The van der Waals surface area contributed by atoms with Crippen molar-refractivity contribution in [2.45, 2.75) is 12.8 Å². The number of nitrogens with zero attached hydrogens (tertiary/aromatic N) is 4. The summed E-state index contributed by atoms with van der Waals surface area (Å²) in [5.41, 5.74) is 1.73. The SMILES string of the molecule is CN=C(NCCCc1nnc2ccccn12)Nc1ccc(OC)c(OC)c1.I. The zero-order chi connectivity index (χ0) is 19.1. The summed E-state index contributed by atoms with van der Waals surface area (Å²) in [6.07, 6.45) is 3.71. The van der Waals surface area contributed by atoms with Crippen LogP contribution in [0.25, 0.3) is 5.65 Å². The number of pyridine rings is 1. The molecule has 0 fully saturated rings. The first-order chi connectivity index (χ1) is 13.2. The van der Waals surface area contributed by atoms with Crippen LogP contribution in [-0.2, 0) is 6.42 Å².